The summed E-state index contributed by atoms with van der Waals surface area (Å²) in [5.74, 6) is 0.382. The van der Waals surface area contributed by atoms with Gasteiger partial charge in [0.1, 0.15) is 6.54 Å². The molecule has 5 nitrogen and oxygen atoms in total. The summed E-state index contributed by atoms with van der Waals surface area (Å²) >= 11 is 0. The number of carbonyl (C=O) groups excluding carboxylic acids is 1. The smallest absolute Gasteiger partial charge is 0.264 e. The molecule has 0 N–H and O–H groups in total. The van der Waals surface area contributed by atoms with E-state index in [1.54, 1.807) is 30.3 Å². The molecule has 184 valence electrons. The van der Waals surface area contributed by atoms with E-state index in [9.17, 15) is 13.2 Å². The topological polar surface area (TPSA) is 57.7 Å². The number of likely N-dealkylation sites (tertiary alicyclic amines) is 1. The molecule has 1 fully saturated rings. The fraction of sp³-hybridized carbons (Fsp3) is 0.345. The Bertz CT molecular complexity index is 1260. The Morgan fingerprint density at radius 2 is 1.54 bits per heavy atom. The highest BCUT2D eigenvalue weighted by Gasteiger charge is 2.31. The number of benzene rings is 3. The molecule has 4 rings (SSSR count). The molecule has 6 heteroatoms. The van der Waals surface area contributed by atoms with Crippen LogP contribution in [-0.4, -0.2) is 38.9 Å². The second-order valence-electron chi connectivity index (χ2n) is 9.56. The number of amides is 1. The highest BCUT2D eigenvalue weighted by Crippen LogP contribution is 2.29. The van der Waals surface area contributed by atoms with Crippen molar-refractivity contribution >= 4 is 21.6 Å². The number of piperidine rings is 1. The molecule has 0 radical (unpaired) electrons. The van der Waals surface area contributed by atoms with Crippen LogP contribution in [0.2, 0.25) is 0 Å². The number of hydrogen-bond donors (Lipinski definition) is 0. The molecule has 1 saturated heterocycles. The third-order valence-corrected chi connectivity index (χ3v) is 8.84. The molecule has 3 aromatic carbocycles. The lowest BCUT2D eigenvalue weighted by Crippen LogP contribution is -2.46. The van der Waals surface area contributed by atoms with Gasteiger partial charge in [0.15, 0.2) is 0 Å². The summed E-state index contributed by atoms with van der Waals surface area (Å²) in [4.78, 5) is 15.4. The quantitative estimate of drug-likeness (QED) is 0.452. The number of carbonyl (C=O) groups is 1. The summed E-state index contributed by atoms with van der Waals surface area (Å²) in [5.41, 5.74) is 4.70. The van der Waals surface area contributed by atoms with Crippen molar-refractivity contribution in [3.63, 3.8) is 0 Å². The van der Waals surface area contributed by atoms with Crippen molar-refractivity contribution in [3.8, 4) is 0 Å². The second-order valence-corrected chi connectivity index (χ2v) is 11.4. The van der Waals surface area contributed by atoms with Gasteiger partial charge >= 0.3 is 0 Å². The molecule has 0 unspecified atom stereocenters. The van der Waals surface area contributed by atoms with Gasteiger partial charge in [-0.3, -0.25) is 9.10 Å². The minimum Gasteiger partial charge on any atom is -0.341 e. The fourth-order valence-electron chi connectivity index (χ4n) is 4.70. The lowest BCUT2D eigenvalue weighted by atomic mass is 9.90. The van der Waals surface area contributed by atoms with Gasteiger partial charge in [-0.15, -0.1) is 0 Å². The third-order valence-electron chi connectivity index (χ3n) is 7.07. The van der Waals surface area contributed by atoms with Crippen LogP contribution in [0.5, 0.6) is 0 Å². The molecule has 1 amide bonds. The standard InChI is InChI=1S/C29H34N2O3S/c1-22-12-14-27(15-13-22)35(33,34)31(28-11-7-8-23(2)24(28)3)21-29(32)30-18-16-26(17-19-30)20-25-9-5-4-6-10-25/h4-15,26H,16-21H2,1-3H3. The maximum absolute atomic E-state index is 13.7. The number of hydrogen-bond acceptors (Lipinski definition) is 3. The molecular formula is C29H34N2O3S. The summed E-state index contributed by atoms with van der Waals surface area (Å²) in [6, 6.07) is 22.8. The van der Waals surface area contributed by atoms with Crippen LogP contribution in [0, 0.1) is 26.7 Å². The molecule has 1 heterocycles. The highest BCUT2D eigenvalue weighted by molar-refractivity contribution is 7.92. The van der Waals surface area contributed by atoms with Gasteiger partial charge in [0.2, 0.25) is 5.91 Å². The van der Waals surface area contributed by atoms with Gasteiger partial charge in [-0.1, -0.05) is 60.2 Å². The zero-order valence-electron chi connectivity index (χ0n) is 20.8. The van der Waals surface area contributed by atoms with Gasteiger partial charge in [0, 0.05) is 13.1 Å². The van der Waals surface area contributed by atoms with Crippen LogP contribution in [0.15, 0.2) is 77.7 Å². The van der Waals surface area contributed by atoms with Crippen molar-refractivity contribution in [2.75, 3.05) is 23.9 Å². The van der Waals surface area contributed by atoms with E-state index in [4.69, 9.17) is 0 Å². The average Bonchev–Trinajstić information content (AvgIpc) is 2.85. The van der Waals surface area contributed by atoms with E-state index in [1.807, 2.05) is 43.9 Å². The molecule has 1 aliphatic rings. The first-order valence-electron chi connectivity index (χ1n) is 12.2. The van der Waals surface area contributed by atoms with Crippen LogP contribution < -0.4 is 4.31 Å². The predicted molar refractivity (Wildman–Crippen MR) is 141 cm³/mol. The van der Waals surface area contributed by atoms with Crippen molar-refractivity contribution < 1.29 is 13.2 Å². The molecule has 0 bridgehead atoms. The summed E-state index contributed by atoms with van der Waals surface area (Å²) in [7, 11) is -3.91. The molecule has 0 aliphatic carbocycles. The number of aryl methyl sites for hydroxylation is 2. The molecule has 0 aromatic heterocycles. The number of rotatable bonds is 7. The van der Waals surface area contributed by atoms with Gasteiger partial charge in [-0.05, 0) is 80.8 Å². The van der Waals surface area contributed by atoms with Crippen molar-refractivity contribution in [3.05, 3.63) is 95.1 Å². The number of sulfonamides is 1. The normalized spacial score (nSPS) is 14.7. The van der Waals surface area contributed by atoms with Crippen LogP contribution >= 0.6 is 0 Å². The SMILES string of the molecule is Cc1ccc(S(=O)(=O)N(CC(=O)N2CCC(Cc3ccccc3)CC2)c2cccc(C)c2C)cc1. The van der Waals surface area contributed by atoms with Gasteiger partial charge in [-0.2, -0.15) is 0 Å². The summed E-state index contributed by atoms with van der Waals surface area (Å²) < 4.78 is 28.8. The largest absolute Gasteiger partial charge is 0.341 e. The van der Waals surface area contributed by atoms with E-state index in [-0.39, 0.29) is 17.3 Å². The molecule has 1 aliphatic heterocycles. The summed E-state index contributed by atoms with van der Waals surface area (Å²) in [6.07, 6.45) is 2.86. The Kier molecular flexibility index (Phi) is 7.60. The zero-order chi connectivity index (χ0) is 25.0. The first kappa shape index (κ1) is 25.0. The van der Waals surface area contributed by atoms with E-state index in [1.165, 1.54) is 9.87 Å². The van der Waals surface area contributed by atoms with Gasteiger partial charge in [0.25, 0.3) is 10.0 Å². The van der Waals surface area contributed by atoms with Crippen LogP contribution in [0.25, 0.3) is 0 Å². The Labute approximate surface area is 209 Å². The van der Waals surface area contributed by atoms with E-state index in [0.29, 0.717) is 24.7 Å². The molecule has 0 saturated carbocycles. The Hall–Kier alpha value is -3.12. The molecular weight excluding hydrogens is 456 g/mol. The van der Waals surface area contributed by atoms with E-state index >= 15 is 0 Å². The zero-order valence-corrected chi connectivity index (χ0v) is 21.6. The summed E-state index contributed by atoms with van der Waals surface area (Å²) in [6.45, 7) is 6.88. The molecule has 0 atom stereocenters. The number of anilines is 1. The minimum absolute atomic E-state index is 0.153. The van der Waals surface area contributed by atoms with Crippen molar-refractivity contribution in [2.45, 2.75) is 44.9 Å². The average molecular weight is 491 g/mol. The first-order valence-corrected chi connectivity index (χ1v) is 13.7. The van der Waals surface area contributed by atoms with Crippen LogP contribution in [0.3, 0.4) is 0 Å². The Balaban J connectivity index is 1.53. The minimum atomic E-state index is -3.91. The van der Waals surface area contributed by atoms with Crippen LogP contribution in [0.4, 0.5) is 5.69 Å². The third kappa shape index (κ3) is 5.76. The predicted octanol–water partition coefficient (Wildman–Crippen LogP) is 5.29. The molecule has 0 spiro atoms. The van der Waals surface area contributed by atoms with E-state index < -0.39 is 10.0 Å². The summed E-state index contributed by atoms with van der Waals surface area (Å²) in [5, 5.41) is 0. The van der Waals surface area contributed by atoms with E-state index in [2.05, 4.69) is 24.3 Å². The van der Waals surface area contributed by atoms with Gasteiger partial charge < -0.3 is 4.90 Å². The molecule has 3 aromatic rings. The molecule has 35 heavy (non-hydrogen) atoms. The van der Waals surface area contributed by atoms with Gasteiger partial charge in [0.05, 0.1) is 10.6 Å². The highest BCUT2D eigenvalue weighted by atomic mass is 32.2. The van der Waals surface area contributed by atoms with Gasteiger partial charge in [-0.25, -0.2) is 8.42 Å². The maximum atomic E-state index is 13.7. The lowest BCUT2D eigenvalue weighted by molar-refractivity contribution is -0.130. The lowest BCUT2D eigenvalue weighted by Gasteiger charge is -2.34. The van der Waals surface area contributed by atoms with E-state index in [0.717, 1.165) is 36.0 Å². The van der Waals surface area contributed by atoms with Crippen molar-refractivity contribution in [2.24, 2.45) is 5.92 Å². The van der Waals surface area contributed by atoms with Crippen LogP contribution in [0.1, 0.15) is 35.1 Å². The Morgan fingerprint density at radius 1 is 0.886 bits per heavy atom. The van der Waals surface area contributed by atoms with Crippen molar-refractivity contribution in [1.82, 2.24) is 4.90 Å². The van der Waals surface area contributed by atoms with Crippen LogP contribution in [-0.2, 0) is 21.2 Å². The maximum Gasteiger partial charge on any atom is 0.264 e. The number of nitrogens with zero attached hydrogens (tertiary/aromatic N) is 2. The second kappa shape index (κ2) is 10.6. The Morgan fingerprint density at radius 3 is 2.20 bits per heavy atom. The van der Waals surface area contributed by atoms with Crippen molar-refractivity contribution in [1.29, 1.82) is 0 Å². The fourth-order valence-corrected chi connectivity index (χ4v) is 6.17. The first-order chi connectivity index (χ1) is 16.8. The monoisotopic (exact) mass is 490 g/mol.